The predicted octanol–water partition coefficient (Wildman–Crippen LogP) is 6.18. The van der Waals surface area contributed by atoms with Crippen molar-refractivity contribution in [1.29, 1.82) is 0 Å². The molecule has 6 heteroatoms. The number of Topliss-reactive ketones (excluding diaryl/α,β-unsaturated/α-hetero) is 1. The van der Waals surface area contributed by atoms with Gasteiger partial charge in [0.05, 0.1) is 19.8 Å². The average Bonchev–Trinajstić information content (AvgIpc) is 3.41. The number of aryl methyl sites for hydroxylation is 1. The summed E-state index contributed by atoms with van der Waals surface area (Å²) >= 11 is 0. The van der Waals surface area contributed by atoms with Crippen LogP contribution in [-0.2, 0) is 13.2 Å². The Morgan fingerprint density at radius 1 is 1.00 bits per heavy atom. The molecule has 0 saturated heterocycles. The summed E-state index contributed by atoms with van der Waals surface area (Å²) in [5, 5.41) is 1.00. The standard InChI is InChI=1S/C29H27NO5/c1-5-30-16-20(24-15-22(33-4)9-11-25(24)30)14-27-28(31)23-10-12-26(18(2)29(23)35-27)34-17-19-7-6-8-21(13-19)32-3/h6-16H,5,17H2,1-4H3/b27-14+. The van der Waals surface area contributed by atoms with E-state index in [4.69, 9.17) is 18.9 Å². The molecule has 1 aromatic heterocycles. The summed E-state index contributed by atoms with van der Waals surface area (Å²) in [7, 11) is 3.29. The number of aromatic nitrogens is 1. The Bertz CT molecular complexity index is 1460. The minimum atomic E-state index is -0.136. The number of allylic oxidation sites excluding steroid dienone is 1. The molecular weight excluding hydrogens is 442 g/mol. The molecule has 1 aliphatic heterocycles. The number of ether oxygens (including phenoxy) is 4. The van der Waals surface area contributed by atoms with Gasteiger partial charge in [0.15, 0.2) is 5.76 Å². The monoisotopic (exact) mass is 469 g/mol. The zero-order chi connectivity index (χ0) is 24.5. The molecule has 3 aromatic carbocycles. The lowest BCUT2D eigenvalue weighted by Gasteiger charge is -2.12. The van der Waals surface area contributed by atoms with Gasteiger partial charge in [-0.15, -0.1) is 0 Å². The number of hydrogen-bond donors (Lipinski definition) is 0. The molecule has 0 atom stereocenters. The first-order chi connectivity index (χ1) is 17.0. The number of fused-ring (bicyclic) bond motifs is 2. The lowest BCUT2D eigenvalue weighted by atomic mass is 10.1. The maximum absolute atomic E-state index is 13.2. The fraction of sp³-hybridized carbons (Fsp3) is 0.207. The third kappa shape index (κ3) is 4.12. The first kappa shape index (κ1) is 22.6. The van der Waals surface area contributed by atoms with Crippen LogP contribution in [0.4, 0.5) is 0 Å². The summed E-state index contributed by atoms with van der Waals surface area (Å²) in [6, 6.07) is 17.3. The molecule has 0 unspecified atom stereocenters. The molecule has 0 aliphatic carbocycles. The third-order valence-electron chi connectivity index (χ3n) is 6.31. The molecule has 178 valence electrons. The molecule has 0 fully saturated rings. The molecular formula is C29H27NO5. The number of ketones is 1. The molecule has 0 bridgehead atoms. The topological polar surface area (TPSA) is 58.9 Å². The number of nitrogens with zero attached hydrogens (tertiary/aromatic N) is 1. The van der Waals surface area contributed by atoms with Crippen LogP contribution in [-0.4, -0.2) is 24.6 Å². The zero-order valence-electron chi connectivity index (χ0n) is 20.3. The second-order valence-electron chi connectivity index (χ2n) is 8.40. The van der Waals surface area contributed by atoms with Crippen molar-refractivity contribution >= 4 is 22.8 Å². The molecule has 0 N–H and O–H groups in total. The zero-order valence-corrected chi connectivity index (χ0v) is 20.3. The van der Waals surface area contributed by atoms with E-state index in [1.165, 1.54) is 0 Å². The van der Waals surface area contributed by atoms with E-state index in [1.807, 2.05) is 67.7 Å². The highest BCUT2D eigenvalue weighted by Gasteiger charge is 2.30. The molecule has 6 nitrogen and oxygen atoms in total. The van der Waals surface area contributed by atoms with Gasteiger partial charge in [-0.25, -0.2) is 0 Å². The smallest absolute Gasteiger partial charge is 0.231 e. The quantitative estimate of drug-likeness (QED) is 0.303. The van der Waals surface area contributed by atoms with E-state index < -0.39 is 0 Å². The van der Waals surface area contributed by atoms with Gasteiger partial charge in [-0.05, 0) is 68.0 Å². The summed E-state index contributed by atoms with van der Waals surface area (Å²) in [6.45, 7) is 5.19. The molecule has 0 radical (unpaired) electrons. The van der Waals surface area contributed by atoms with Gasteiger partial charge < -0.3 is 23.5 Å². The van der Waals surface area contributed by atoms with Crippen molar-refractivity contribution in [2.45, 2.75) is 27.0 Å². The molecule has 2 heterocycles. The van der Waals surface area contributed by atoms with Gasteiger partial charge in [0, 0.05) is 34.8 Å². The van der Waals surface area contributed by atoms with E-state index in [0.29, 0.717) is 29.4 Å². The number of carbonyl (C=O) groups excluding carboxylic acids is 1. The minimum absolute atomic E-state index is 0.136. The van der Waals surface area contributed by atoms with Crippen LogP contribution in [0, 0.1) is 6.92 Å². The summed E-state index contributed by atoms with van der Waals surface area (Å²) in [5.41, 5.74) is 4.31. The minimum Gasteiger partial charge on any atom is -0.497 e. The molecule has 5 rings (SSSR count). The normalized spacial score (nSPS) is 13.7. The Balaban J connectivity index is 1.44. The number of hydrogen-bond acceptors (Lipinski definition) is 5. The molecule has 1 aliphatic rings. The van der Waals surface area contributed by atoms with Gasteiger partial charge in [0.2, 0.25) is 5.78 Å². The number of rotatable bonds is 7. The lowest BCUT2D eigenvalue weighted by molar-refractivity contribution is 0.101. The Morgan fingerprint density at radius 2 is 1.80 bits per heavy atom. The number of methoxy groups -OCH3 is 2. The lowest BCUT2D eigenvalue weighted by Crippen LogP contribution is -1.99. The summed E-state index contributed by atoms with van der Waals surface area (Å²) in [4.78, 5) is 13.2. The first-order valence-corrected chi connectivity index (χ1v) is 11.5. The Hall–Kier alpha value is -4.19. The van der Waals surface area contributed by atoms with Crippen LogP contribution < -0.4 is 18.9 Å². The Morgan fingerprint density at radius 3 is 2.57 bits per heavy atom. The van der Waals surface area contributed by atoms with Crippen molar-refractivity contribution in [1.82, 2.24) is 4.57 Å². The third-order valence-corrected chi connectivity index (χ3v) is 6.31. The molecule has 0 amide bonds. The highest BCUT2D eigenvalue weighted by Crippen LogP contribution is 2.40. The Kier molecular flexibility index (Phi) is 5.95. The van der Waals surface area contributed by atoms with Gasteiger partial charge in [-0.2, -0.15) is 0 Å². The van der Waals surface area contributed by atoms with Gasteiger partial charge in [-0.3, -0.25) is 4.79 Å². The van der Waals surface area contributed by atoms with Crippen LogP contribution in [0.25, 0.3) is 17.0 Å². The van der Waals surface area contributed by atoms with Crippen LogP contribution in [0.3, 0.4) is 0 Å². The van der Waals surface area contributed by atoms with Crippen molar-refractivity contribution in [3.8, 4) is 23.0 Å². The summed E-state index contributed by atoms with van der Waals surface area (Å²) in [5.74, 6) is 2.92. The van der Waals surface area contributed by atoms with Crippen LogP contribution in [0.15, 0.2) is 66.6 Å². The maximum atomic E-state index is 13.2. The average molecular weight is 470 g/mol. The molecule has 0 saturated carbocycles. The van der Waals surface area contributed by atoms with Crippen molar-refractivity contribution in [2.75, 3.05) is 14.2 Å². The second kappa shape index (κ2) is 9.22. The van der Waals surface area contributed by atoms with Crippen molar-refractivity contribution in [3.05, 3.63) is 88.8 Å². The SMILES string of the molecule is CCn1cc(/C=C2/Oc3c(ccc(OCc4cccc(OC)c4)c3C)C2=O)c2cc(OC)ccc21. The van der Waals surface area contributed by atoms with Crippen molar-refractivity contribution < 1.29 is 23.7 Å². The largest absolute Gasteiger partial charge is 0.497 e. The molecule has 0 spiro atoms. The highest BCUT2D eigenvalue weighted by atomic mass is 16.5. The van der Waals surface area contributed by atoms with Crippen LogP contribution >= 0.6 is 0 Å². The van der Waals surface area contributed by atoms with E-state index in [-0.39, 0.29) is 5.78 Å². The van der Waals surface area contributed by atoms with Gasteiger partial charge in [0.1, 0.15) is 29.6 Å². The van der Waals surface area contributed by atoms with E-state index in [2.05, 4.69) is 11.5 Å². The summed E-state index contributed by atoms with van der Waals surface area (Å²) in [6.07, 6.45) is 3.85. The van der Waals surface area contributed by atoms with E-state index in [0.717, 1.165) is 45.6 Å². The number of carbonyl (C=O) groups is 1. The van der Waals surface area contributed by atoms with Crippen LogP contribution in [0.5, 0.6) is 23.0 Å². The highest BCUT2D eigenvalue weighted by molar-refractivity contribution is 6.15. The van der Waals surface area contributed by atoms with Gasteiger partial charge >= 0.3 is 0 Å². The van der Waals surface area contributed by atoms with E-state index in [9.17, 15) is 4.79 Å². The second-order valence-corrected chi connectivity index (χ2v) is 8.40. The molecule has 4 aromatic rings. The maximum Gasteiger partial charge on any atom is 0.231 e. The number of benzene rings is 3. The van der Waals surface area contributed by atoms with E-state index >= 15 is 0 Å². The fourth-order valence-electron chi connectivity index (χ4n) is 4.40. The Labute approximate surface area is 204 Å². The predicted molar refractivity (Wildman–Crippen MR) is 136 cm³/mol. The fourth-order valence-corrected chi connectivity index (χ4v) is 4.40. The van der Waals surface area contributed by atoms with Gasteiger partial charge in [0.25, 0.3) is 0 Å². The van der Waals surface area contributed by atoms with Crippen LogP contribution in [0.2, 0.25) is 0 Å². The van der Waals surface area contributed by atoms with Gasteiger partial charge in [-0.1, -0.05) is 12.1 Å². The first-order valence-electron chi connectivity index (χ1n) is 11.5. The van der Waals surface area contributed by atoms with Crippen LogP contribution in [0.1, 0.15) is 34.0 Å². The summed E-state index contributed by atoms with van der Waals surface area (Å²) < 4.78 is 25.0. The van der Waals surface area contributed by atoms with Crippen molar-refractivity contribution in [2.24, 2.45) is 0 Å². The van der Waals surface area contributed by atoms with Crippen molar-refractivity contribution in [3.63, 3.8) is 0 Å². The molecule has 35 heavy (non-hydrogen) atoms. The van der Waals surface area contributed by atoms with E-state index in [1.54, 1.807) is 20.3 Å².